The molecule has 0 spiro atoms. The summed E-state index contributed by atoms with van der Waals surface area (Å²) in [5.74, 6) is 1.44. The van der Waals surface area contributed by atoms with Crippen LogP contribution < -0.4 is 21.3 Å². The molecule has 0 unspecified atom stereocenters. The van der Waals surface area contributed by atoms with Gasteiger partial charge in [-0.1, -0.05) is 24.3 Å². The maximum Gasteiger partial charge on any atom is 0.323 e. The first-order chi connectivity index (χ1) is 23.4. The number of nitrogens with one attached hydrogen (secondary N) is 4. The van der Waals surface area contributed by atoms with Crippen LogP contribution in [0.1, 0.15) is 0 Å². The van der Waals surface area contributed by atoms with Gasteiger partial charge in [0.2, 0.25) is 0 Å². The van der Waals surface area contributed by atoms with Gasteiger partial charge < -0.3 is 19.6 Å². The van der Waals surface area contributed by atoms with Crippen molar-refractivity contribution in [1.29, 1.82) is 0 Å². The Morgan fingerprint density at radius 2 is 0.583 bits per heavy atom. The van der Waals surface area contributed by atoms with E-state index in [4.69, 9.17) is 0 Å². The zero-order valence-electron chi connectivity index (χ0n) is 26.1. The van der Waals surface area contributed by atoms with Crippen LogP contribution in [0.4, 0.5) is 42.4 Å². The SMILES string of the molecule is O=C(Nc1ccccn1)N1CCN(C(=O)Nc2ccccn2)CCN(C(=O)Nc2ccccn2)CCN(C(=O)Nc2ccccn2)CC1. The van der Waals surface area contributed by atoms with Crippen molar-refractivity contribution in [2.75, 3.05) is 73.6 Å². The number of pyridine rings is 4. The molecule has 4 aromatic heterocycles. The lowest BCUT2D eigenvalue weighted by molar-refractivity contribution is 0.156. The monoisotopic (exact) mass is 652 g/mol. The van der Waals surface area contributed by atoms with E-state index < -0.39 is 24.1 Å². The van der Waals surface area contributed by atoms with Gasteiger partial charge in [-0.15, -0.1) is 0 Å². The topological polar surface area (TPSA) is 181 Å². The van der Waals surface area contributed by atoms with E-state index in [1.165, 1.54) is 19.6 Å². The van der Waals surface area contributed by atoms with E-state index in [0.29, 0.717) is 23.3 Å². The van der Waals surface area contributed by atoms with Crippen LogP contribution in [0, 0.1) is 0 Å². The Morgan fingerprint density at radius 3 is 0.750 bits per heavy atom. The summed E-state index contributed by atoms with van der Waals surface area (Å²) in [7, 11) is 0. The van der Waals surface area contributed by atoms with E-state index in [1.54, 1.807) is 97.6 Å². The van der Waals surface area contributed by atoms with Crippen molar-refractivity contribution >= 4 is 47.4 Å². The van der Waals surface area contributed by atoms with Gasteiger partial charge in [0, 0.05) is 77.1 Å². The van der Waals surface area contributed by atoms with Crippen LogP contribution in [0.2, 0.25) is 0 Å². The molecule has 1 fully saturated rings. The standard InChI is InChI=1S/C32H36N12O4/c45-29(37-25-9-1-5-13-33-25)41-17-19-42(30(46)38-26-10-2-6-14-34-26)21-23-44(32(48)40-28-12-4-8-16-36-28)24-22-43(20-18-41)31(47)39-27-11-3-7-15-35-27/h1-16H,17-24H2,(H,33,37,45)(H,34,38,46)(H,35,39,47)(H,36,40,48). The molecule has 1 aliphatic heterocycles. The first-order valence-corrected chi connectivity index (χ1v) is 15.3. The molecule has 1 saturated heterocycles. The van der Waals surface area contributed by atoms with Crippen LogP contribution in [0.3, 0.4) is 0 Å². The Kier molecular flexibility index (Phi) is 11.6. The van der Waals surface area contributed by atoms with Crippen molar-refractivity contribution in [3.05, 3.63) is 97.6 Å². The highest BCUT2D eigenvalue weighted by Gasteiger charge is 2.26. The van der Waals surface area contributed by atoms with Gasteiger partial charge in [-0.05, 0) is 48.5 Å². The second kappa shape index (κ2) is 16.8. The van der Waals surface area contributed by atoms with Gasteiger partial charge >= 0.3 is 24.1 Å². The fraction of sp³-hybridized carbons (Fsp3) is 0.250. The minimum absolute atomic E-state index is 0.115. The van der Waals surface area contributed by atoms with Crippen molar-refractivity contribution in [2.45, 2.75) is 0 Å². The molecule has 1 aliphatic rings. The van der Waals surface area contributed by atoms with Crippen LogP contribution in [-0.4, -0.2) is 116 Å². The lowest BCUT2D eigenvalue weighted by Gasteiger charge is -2.34. The number of urea groups is 4. The lowest BCUT2D eigenvalue weighted by Crippen LogP contribution is -2.52. The largest absolute Gasteiger partial charge is 0.323 e. The van der Waals surface area contributed by atoms with Crippen molar-refractivity contribution in [3.63, 3.8) is 0 Å². The predicted molar refractivity (Wildman–Crippen MR) is 179 cm³/mol. The summed E-state index contributed by atoms with van der Waals surface area (Å²) >= 11 is 0. The first-order valence-electron chi connectivity index (χ1n) is 15.3. The fourth-order valence-corrected chi connectivity index (χ4v) is 4.73. The Morgan fingerprint density at radius 1 is 0.375 bits per heavy atom. The highest BCUT2D eigenvalue weighted by atomic mass is 16.2. The summed E-state index contributed by atoms with van der Waals surface area (Å²) < 4.78 is 0. The maximum atomic E-state index is 13.5. The molecule has 248 valence electrons. The van der Waals surface area contributed by atoms with Gasteiger partial charge in [-0.3, -0.25) is 21.3 Å². The van der Waals surface area contributed by atoms with Crippen LogP contribution in [0.5, 0.6) is 0 Å². The van der Waals surface area contributed by atoms with E-state index in [1.807, 2.05) is 0 Å². The molecule has 48 heavy (non-hydrogen) atoms. The van der Waals surface area contributed by atoms with Gasteiger partial charge in [0.1, 0.15) is 23.3 Å². The molecule has 4 aromatic rings. The highest BCUT2D eigenvalue weighted by molar-refractivity contribution is 5.91. The van der Waals surface area contributed by atoms with Crippen LogP contribution in [0.15, 0.2) is 97.6 Å². The molecular weight excluding hydrogens is 616 g/mol. The molecule has 5 heterocycles. The predicted octanol–water partition coefficient (Wildman–Crippen LogP) is 3.72. The quantitative estimate of drug-likeness (QED) is 0.257. The minimum Gasteiger partial charge on any atom is -0.321 e. The third-order valence-electron chi connectivity index (χ3n) is 7.31. The number of rotatable bonds is 4. The normalized spacial score (nSPS) is 14.2. The molecule has 0 aliphatic carbocycles. The Hall–Kier alpha value is -6.32. The van der Waals surface area contributed by atoms with Crippen molar-refractivity contribution < 1.29 is 19.2 Å². The summed E-state index contributed by atoms with van der Waals surface area (Å²) in [6.07, 6.45) is 6.26. The Balaban J connectivity index is 1.38. The zero-order valence-corrected chi connectivity index (χ0v) is 26.1. The van der Waals surface area contributed by atoms with E-state index in [2.05, 4.69) is 41.2 Å². The van der Waals surface area contributed by atoms with E-state index in [0.717, 1.165) is 0 Å². The van der Waals surface area contributed by atoms with Crippen LogP contribution >= 0.6 is 0 Å². The van der Waals surface area contributed by atoms with Crippen molar-refractivity contribution in [1.82, 2.24) is 39.5 Å². The van der Waals surface area contributed by atoms with Gasteiger partial charge in [-0.2, -0.15) is 0 Å². The number of carbonyl (C=O) groups is 4. The van der Waals surface area contributed by atoms with E-state index >= 15 is 0 Å². The summed E-state index contributed by atoms with van der Waals surface area (Å²) in [4.78, 5) is 76.7. The third kappa shape index (κ3) is 9.84. The average molecular weight is 653 g/mol. The smallest absolute Gasteiger partial charge is 0.321 e. The molecule has 8 amide bonds. The summed E-state index contributed by atoms with van der Waals surface area (Å²) in [5, 5.41) is 11.1. The molecule has 0 radical (unpaired) electrons. The van der Waals surface area contributed by atoms with Crippen LogP contribution in [0.25, 0.3) is 0 Å². The first kappa shape index (κ1) is 33.1. The fourth-order valence-electron chi connectivity index (χ4n) is 4.73. The molecule has 0 saturated carbocycles. The molecule has 5 rings (SSSR count). The molecule has 16 heteroatoms. The second-order valence-electron chi connectivity index (χ2n) is 10.5. The number of amides is 8. The van der Waals surface area contributed by atoms with Gasteiger partial charge in [-0.25, -0.2) is 39.1 Å². The number of aromatic nitrogens is 4. The Bertz CT molecular complexity index is 1370. The molecule has 0 atom stereocenters. The van der Waals surface area contributed by atoms with Gasteiger partial charge in [0.15, 0.2) is 0 Å². The Labute approximate surface area is 277 Å². The van der Waals surface area contributed by atoms with Crippen molar-refractivity contribution in [3.8, 4) is 0 Å². The molecular formula is C32H36N12O4. The molecule has 4 N–H and O–H groups in total. The van der Waals surface area contributed by atoms with Crippen LogP contribution in [-0.2, 0) is 0 Å². The molecule has 0 aromatic carbocycles. The molecule has 0 bridgehead atoms. The van der Waals surface area contributed by atoms with Crippen molar-refractivity contribution in [2.24, 2.45) is 0 Å². The summed E-state index contributed by atoms with van der Waals surface area (Å²) in [5.41, 5.74) is 0. The summed E-state index contributed by atoms with van der Waals surface area (Å²) in [6, 6.07) is 18.8. The number of carbonyl (C=O) groups excluding carboxylic acids is 4. The van der Waals surface area contributed by atoms with E-state index in [-0.39, 0.29) is 52.4 Å². The number of anilines is 4. The summed E-state index contributed by atoms with van der Waals surface area (Å²) in [6.45, 7) is 0.922. The second-order valence-corrected chi connectivity index (χ2v) is 10.5. The highest BCUT2D eigenvalue weighted by Crippen LogP contribution is 2.10. The zero-order chi connectivity index (χ0) is 33.6. The minimum atomic E-state index is -0.447. The molecule has 16 nitrogen and oxygen atoms in total. The number of hydrogen-bond donors (Lipinski definition) is 4. The van der Waals surface area contributed by atoms with Gasteiger partial charge in [0.25, 0.3) is 0 Å². The third-order valence-corrected chi connectivity index (χ3v) is 7.31. The average Bonchev–Trinajstić information content (AvgIpc) is 3.10. The number of nitrogens with zero attached hydrogens (tertiary/aromatic N) is 8. The lowest BCUT2D eigenvalue weighted by atomic mass is 10.3. The maximum absolute atomic E-state index is 13.5. The van der Waals surface area contributed by atoms with Gasteiger partial charge in [0.05, 0.1) is 0 Å². The number of hydrogen-bond acceptors (Lipinski definition) is 8. The van der Waals surface area contributed by atoms with E-state index in [9.17, 15) is 19.2 Å².